The van der Waals surface area contributed by atoms with Crippen LogP contribution in [-0.4, -0.2) is 50.7 Å². The van der Waals surface area contributed by atoms with Crippen molar-refractivity contribution < 1.29 is 14.5 Å². The van der Waals surface area contributed by atoms with E-state index in [9.17, 15) is 19.7 Å². The number of non-ortho nitro benzene ring substituents is 1. The number of fused-ring (bicyclic) bond motifs is 1. The molecule has 2 amide bonds. The molecular formula is C30H30N4O4. The number of nitro groups is 1. The number of H-pyrrole nitrogens is 1. The molecule has 1 N–H and O–H groups in total. The lowest BCUT2D eigenvalue weighted by Gasteiger charge is -2.28. The first-order chi connectivity index (χ1) is 18.4. The maximum absolute atomic E-state index is 13.7. The van der Waals surface area contributed by atoms with Crippen molar-refractivity contribution in [3.05, 3.63) is 111 Å². The van der Waals surface area contributed by atoms with Gasteiger partial charge in [-0.25, -0.2) is 0 Å². The zero-order valence-corrected chi connectivity index (χ0v) is 21.3. The summed E-state index contributed by atoms with van der Waals surface area (Å²) in [6.45, 7) is 2.89. The molecule has 0 unspecified atom stereocenters. The predicted molar refractivity (Wildman–Crippen MR) is 146 cm³/mol. The van der Waals surface area contributed by atoms with Gasteiger partial charge in [0.1, 0.15) is 6.54 Å². The van der Waals surface area contributed by atoms with E-state index in [1.165, 1.54) is 18.2 Å². The van der Waals surface area contributed by atoms with Gasteiger partial charge < -0.3 is 14.8 Å². The van der Waals surface area contributed by atoms with E-state index in [1.54, 1.807) is 11.0 Å². The van der Waals surface area contributed by atoms with Crippen molar-refractivity contribution in [2.75, 3.05) is 13.1 Å². The van der Waals surface area contributed by atoms with Crippen LogP contribution in [0.2, 0.25) is 0 Å². The molecule has 1 aromatic heterocycles. The van der Waals surface area contributed by atoms with Gasteiger partial charge in [-0.05, 0) is 49.4 Å². The molecule has 0 spiro atoms. The van der Waals surface area contributed by atoms with E-state index < -0.39 is 4.92 Å². The number of carbonyl (C=O) groups is 2. The lowest BCUT2D eigenvalue weighted by Crippen LogP contribution is -2.44. The maximum Gasteiger partial charge on any atom is 0.270 e. The van der Waals surface area contributed by atoms with Crippen LogP contribution in [0.15, 0.2) is 79.0 Å². The van der Waals surface area contributed by atoms with Crippen LogP contribution in [0.3, 0.4) is 0 Å². The van der Waals surface area contributed by atoms with Crippen LogP contribution in [0.25, 0.3) is 10.9 Å². The third-order valence-corrected chi connectivity index (χ3v) is 7.03. The molecular weight excluding hydrogens is 480 g/mol. The van der Waals surface area contributed by atoms with Crippen LogP contribution in [0.5, 0.6) is 0 Å². The lowest BCUT2D eigenvalue weighted by molar-refractivity contribution is -0.384. The van der Waals surface area contributed by atoms with Crippen molar-refractivity contribution in [2.24, 2.45) is 0 Å². The SMILES string of the molecule is Cc1ccc(CN(CCc2c[nH]c3ccccc23)C(=O)CN(C(=O)c2cccc([N+](=O)[O-])c2)C2CC2)cc1. The number of aryl methyl sites for hydroxylation is 1. The first kappa shape index (κ1) is 25.2. The molecule has 1 aliphatic carbocycles. The third-order valence-electron chi connectivity index (χ3n) is 7.03. The van der Waals surface area contributed by atoms with E-state index in [0.29, 0.717) is 19.5 Å². The summed E-state index contributed by atoms with van der Waals surface area (Å²) < 4.78 is 0. The Kier molecular flexibility index (Phi) is 7.22. The van der Waals surface area contributed by atoms with Gasteiger partial charge >= 0.3 is 0 Å². The third kappa shape index (κ3) is 5.75. The number of nitro benzene ring substituents is 1. The number of para-hydroxylation sites is 1. The van der Waals surface area contributed by atoms with E-state index in [1.807, 2.05) is 60.5 Å². The molecule has 0 atom stereocenters. The Bertz CT molecular complexity index is 1470. The Hall–Kier alpha value is -4.46. The topological polar surface area (TPSA) is 99.6 Å². The maximum atomic E-state index is 13.7. The zero-order chi connectivity index (χ0) is 26.6. The molecule has 0 bridgehead atoms. The number of nitrogens with zero attached hydrogens (tertiary/aromatic N) is 3. The molecule has 38 heavy (non-hydrogen) atoms. The highest BCUT2D eigenvalue weighted by atomic mass is 16.6. The Morgan fingerprint density at radius 1 is 1.03 bits per heavy atom. The smallest absolute Gasteiger partial charge is 0.270 e. The molecule has 1 fully saturated rings. The lowest BCUT2D eigenvalue weighted by atomic mass is 10.1. The first-order valence-corrected chi connectivity index (χ1v) is 12.8. The van der Waals surface area contributed by atoms with Gasteiger partial charge in [0, 0.05) is 53.9 Å². The number of carbonyl (C=O) groups excluding carboxylic acids is 2. The summed E-state index contributed by atoms with van der Waals surface area (Å²) in [5.74, 6) is -0.493. The summed E-state index contributed by atoms with van der Waals surface area (Å²) in [6.07, 6.45) is 4.30. The minimum absolute atomic E-state index is 0.0273. The van der Waals surface area contributed by atoms with Crippen LogP contribution in [0.4, 0.5) is 5.69 Å². The highest BCUT2D eigenvalue weighted by molar-refractivity contribution is 5.97. The van der Waals surface area contributed by atoms with Crippen molar-refractivity contribution in [1.82, 2.24) is 14.8 Å². The van der Waals surface area contributed by atoms with E-state index in [2.05, 4.69) is 11.1 Å². The highest BCUT2D eigenvalue weighted by Crippen LogP contribution is 2.29. The van der Waals surface area contributed by atoms with Crippen LogP contribution in [0.1, 0.15) is 39.9 Å². The fourth-order valence-corrected chi connectivity index (χ4v) is 4.72. The summed E-state index contributed by atoms with van der Waals surface area (Å²) in [5.41, 5.74) is 4.44. The molecule has 1 heterocycles. The summed E-state index contributed by atoms with van der Waals surface area (Å²) in [4.78, 5) is 44.5. The number of amides is 2. The average molecular weight is 511 g/mol. The molecule has 0 saturated heterocycles. The van der Waals surface area contributed by atoms with Crippen molar-refractivity contribution >= 4 is 28.4 Å². The summed E-state index contributed by atoms with van der Waals surface area (Å²) in [7, 11) is 0. The van der Waals surface area contributed by atoms with Crippen molar-refractivity contribution in [3.63, 3.8) is 0 Å². The van der Waals surface area contributed by atoms with Crippen molar-refractivity contribution in [2.45, 2.75) is 38.8 Å². The fourth-order valence-electron chi connectivity index (χ4n) is 4.72. The second-order valence-corrected chi connectivity index (χ2v) is 9.88. The van der Waals surface area contributed by atoms with Gasteiger partial charge in [-0.15, -0.1) is 0 Å². The van der Waals surface area contributed by atoms with Gasteiger partial charge in [-0.1, -0.05) is 54.1 Å². The summed E-state index contributed by atoms with van der Waals surface area (Å²) >= 11 is 0. The fraction of sp³-hybridized carbons (Fsp3) is 0.267. The highest BCUT2D eigenvalue weighted by Gasteiger charge is 2.35. The van der Waals surface area contributed by atoms with Gasteiger partial charge in [-0.2, -0.15) is 0 Å². The van der Waals surface area contributed by atoms with Crippen molar-refractivity contribution in [3.8, 4) is 0 Å². The molecule has 3 aromatic carbocycles. The molecule has 1 aliphatic rings. The Morgan fingerprint density at radius 2 is 1.79 bits per heavy atom. The minimum Gasteiger partial charge on any atom is -0.361 e. The van der Waals surface area contributed by atoms with Crippen molar-refractivity contribution in [1.29, 1.82) is 0 Å². The monoisotopic (exact) mass is 510 g/mol. The van der Waals surface area contributed by atoms with Crippen LogP contribution < -0.4 is 0 Å². The second-order valence-electron chi connectivity index (χ2n) is 9.88. The quantitative estimate of drug-likeness (QED) is 0.232. The van der Waals surface area contributed by atoms with Crippen LogP contribution in [0, 0.1) is 17.0 Å². The molecule has 0 aliphatic heterocycles. The van der Waals surface area contributed by atoms with Gasteiger partial charge in [0.05, 0.1) is 4.92 Å². The zero-order valence-electron chi connectivity index (χ0n) is 21.3. The largest absolute Gasteiger partial charge is 0.361 e. The van der Waals surface area contributed by atoms with Gasteiger partial charge in [0.15, 0.2) is 0 Å². The normalized spacial score (nSPS) is 12.9. The molecule has 8 nitrogen and oxygen atoms in total. The molecule has 8 heteroatoms. The number of nitrogens with one attached hydrogen (secondary N) is 1. The predicted octanol–water partition coefficient (Wildman–Crippen LogP) is 5.26. The van der Waals surface area contributed by atoms with Crippen LogP contribution in [-0.2, 0) is 17.8 Å². The Labute approximate surface area is 221 Å². The van der Waals surface area contributed by atoms with Gasteiger partial charge in [0.2, 0.25) is 5.91 Å². The molecule has 0 radical (unpaired) electrons. The van der Waals surface area contributed by atoms with Gasteiger partial charge in [-0.3, -0.25) is 19.7 Å². The number of hydrogen-bond donors (Lipinski definition) is 1. The minimum atomic E-state index is -0.516. The van der Waals surface area contributed by atoms with Gasteiger partial charge in [0.25, 0.3) is 11.6 Å². The first-order valence-electron chi connectivity index (χ1n) is 12.8. The molecule has 4 aromatic rings. The Balaban J connectivity index is 1.36. The average Bonchev–Trinajstić information content (AvgIpc) is 3.69. The Morgan fingerprint density at radius 3 is 2.53 bits per heavy atom. The van der Waals surface area contributed by atoms with E-state index >= 15 is 0 Å². The van der Waals surface area contributed by atoms with Crippen LogP contribution >= 0.6 is 0 Å². The van der Waals surface area contributed by atoms with E-state index in [0.717, 1.165) is 40.4 Å². The molecule has 5 rings (SSSR count). The second kappa shape index (κ2) is 10.9. The number of hydrogen-bond acceptors (Lipinski definition) is 4. The van der Waals surface area contributed by atoms with E-state index in [-0.39, 0.29) is 35.7 Å². The number of aromatic amines is 1. The summed E-state index contributed by atoms with van der Waals surface area (Å²) in [5, 5.41) is 12.4. The number of aromatic nitrogens is 1. The summed E-state index contributed by atoms with van der Waals surface area (Å²) in [6, 6.07) is 21.9. The van der Waals surface area contributed by atoms with E-state index in [4.69, 9.17) is 0 Å². The molecule has 194 valence electrons. The standard InChI is InChI=1S/C30H30N4O4/c1-21-9-11-22(12-10-21)19-32(16-15-24-18-31-28-8-3-2-7-27(24)28)29(35)20-33(25-13-14-25)30(36)23-5-4-6-26(17-23)34(37)38/h2-12,17-18,25,31H,13-16,19-20H2,1H3. The number of rotatable bonds is 10. The molecule has 1 saturated carbocycles. The number of benzene rings is 3.